The van der Waals surface area contributed by atoms with Crippen LogP contribution in [0.5, 0.6) is 0 Å². The number of amides is 1. The lowest BCUT2D eigenvalue weighted by Crippen LogP contribution is -2.48. The average molecular weight is 235 g/mol. The Morgan fingerprint density at radius 3 is 2.87 bits per heavy atom. The van der Waals surface area contributed by atoms with Crippen LogP contribution in [0.15, 0.2) is 0 Å². The number of halogens is 1. The molecular formula is C10H19ClN2O2. The van der Waals surface area contributed by atoms with Crippen LogP contribution >= 0.6 is 12.4 Å². The van der Waals surface area contributed by atoms with Crippen LogP contribution in [-0.2, 0) is 9.53 Å². The largest absolute Gasteiger partial charge is 0.366 e. The first-order chi connectivity index (χ1) is 6.77. The van der Waals surface area contributed by atoms with Crippen molar-refractivity contribution in [1.29, 1.82) is 0 Å². The van der Waals surface area contributed by atoms with Crippen LogP contribution in [-0.4, -0.2) is 49.7 Å². The minimum atomic E-state index is -0.242. The maximum absolute atomic E-state index is 11.9. The molecule has 0 aromatic rings. The van der Waals surface area contributed by atoms with Gasteiger partial charge in [-0.05, 0) is 12.3 Å². The summed E-state index contributed by atoms with van der Waals surface area (Å²) in [4.78, 5) is 13.8. The molecule has 1 amide bonds. The normalized spacial score (nSPS) is 31.1. The van der Waals surface area contributed by atoms with Crippen molar-refractivity contribution in [3.8, 4) is 0 Å². The summed E-state index contributed by atoms with van der Waals surface area (Å²) >= 11 is 0. The molecule has 2 atom stereocenters. The third-order valence-corrected chi connectivity index (χ3v) is 2.94. The molecule has 15 heavy (non-hydrogen) atoms. The molecule has 0 saturated carbocycles. The number of morpholine rings is 1. The Balaban J connectivity index is 0.00000112. The number of carbonyl (C=O) groups excluding carboxylic acids is 1. The standard InChI is InChI=1S/C10H18N2O2.ClH/c1-8-2-4-12(7-8)10(13)9-6-11-3-5-14-9;/h8-9,11H,2-7H2,1H3;1H/t8?,9-;/m1./s1. The number of hydrogen-bond acceptors (Lipinski definition) is 3. The van der Waals surface area contributed by atoms with Crippen molar-refractivity contribution in [1.82, 2.24) is 10.2 Å². The summed E-state index contributed by atoms with van der Waals surface area (Å²) in [6, 6.07) is 0. The lowest BCUT2D eigenvalue weighted by atomic mass is 10.2. The summed E-state index contributed by atoms with van der Waals surface area (Å²) in [6.45, 7) is 6.18. The predicted octanol–water partition coefficient (Wildman–Crippen LogP) is 0.265. The van der Waals surface area contributed by atoms with Gasteiger partial charge in [0.2, 0.25) is 0 Å². The fourth-order valence-electron chi connectivity index (χ4n) is 2.06. The number of nitrogens with zero attached hydrogens (tertiary/aromatic N) is 1. The first-order valence-electron chi connectivity index (χ1n) is 5.38. The van der Waals surface area contributed by atoms with Crippen LogP contribution in [0.2, 0.25) is 0 Å². The van der Waals surface area contributed by atoms with Gasteiger partial charge in [0.1, 0.15) is 6.10 Å². The fraction of sp³-hybridized carbons (Fsp3) is 0.900. The predicted molar refractivity (Wildman–Crippen MR) is 60.2 cm³/mol. The Hall–Kier alpha value is -0.320. The maximum Gasteiger partial charge on any atom is 0.253 e. The first kappa shape index (κ1) is 12.7. The highest BCUT2D eigenvalue weighted by molar-refractivity contribution is 5.85. The Morgan fingerprint density at radius 1 is 1.53 bits per heavy atom. The molecule has 2 aliphatic rings. The van der Waals surface area contributed by atoms with Gasteiger partial charge in [-0.25, -0.2) is 0 Å². The fourth-order valence-corrected chi connectivity index (χ4v) is 2.06. The van der Waals surface area contributed by atoms with E-state index in [1.54, 1.807) is 0 Å². The highest BCUT2D eigenvalue weighted by Crippen LogP contribution is 2.16. The molecule has 0 aromatic carbocycles. The van der Waals surface area contributed by atoms with Crippen LogP contribution in [0.25, 0.3) is 0 Å². The van der Waals surface area contributed by atoms with Crippen LogP contribution in [0.3, 0.4) is 0 Å². The molecule has 2 saturated heterocycles. The summed E-state index contributed by atoms with van der Waals surface area (Å²) in [5.74, 6) is 0.817. The number of rotatable bonds is 1. The van der Waals surface area contributed by atoms with E-state index in [1.807, 2.05) is 4.90 Å². The van der Waals surface area contributed by atoms with E-state index >= 15 is 0 Å². The lowest BCUT2D eigenvalue weighted by Gasteiger charge is -2.27. The summed E-state index contributed by atoms with van der Waals surface area (Å²) in [5, 5.41) is 3.18. The van der Waals surface area contributed by atoms with Crippen LogP contribution in [0, 0.1) is 5.92 Å². The zero-order chi connectivity index (χ0) is 9.97. The molecule has 4 nitrogen and oxygen atoms in total. The van der Waals surface area contributed by atoms with Gasteiger partial charge in [-0.15, -0.1) is 12.4 Å². The number of likely N-dealkylation sites (tertiary alicyclic amines) is 1. The Bertz CT molecular complexity index is 213. The average Bonchev–Trinajstić information content (AvgIpc) is 2.65. The Kier molecular flexibility index (Phi) is 4.83. The second kappa shape index (κ2) is 5.68. The monoisotopic (exact) mass is 234 g/mol. The van der Waals surface area contributed by atoms with Gasteiger partial charge >= 0.3 is 0 Å². The van der Waals surface area contributed by atoms with E-state index < -0.39 is 0 Å². The first-order valence-corrected chi connectivity index (χ1v) is 5.38. The second-order valence-corrected chi connectivity index (χ2v) is 4.24. The molecule has 0 spiro atoms. The van der Waals surface area contributed by atoms with E-state index in [2.05, 4.69) is 12.2 Å². The van der Waals surface area contributed by atoms with Gasteiger partial charge in [-0.3, -0.25) is 4.79 Å². The summed E-state index contributed by atoms with van der Waals surface area (Å²) < 4.78 is 5.43. The zero-order valence-electron chi connectivity index (χ0n) is 9.07. The van der Waals surface area contributed by atoms with Gasteiger partial charge in [0.25, 0.3) is 5.91 Å². The minimum absolute atomic E-state index is 0. The van der Waals surface area contributed by atoms with Crippen LogP contribution < -0.4 is 5.32 Å². The van der Waals surface area contributed by atoms with Crippen molar-refractivity contribution in [3.63, 3.8) is 0 Å². The molecule has 0 bridgehead atoms. The molecule has 1 unspecified atom stereocenters. The number of ether oxygens (including phenoxy) is 1. The molecule has 5 heteroatoms. The summed E-state index contributed by atoms with van der Waals surface area (Å²) in [7, 11) is 0. The van der Waals surface area contributed by atoms with Gasteiger partial charge < -0.3 is 15.0 Å². The molecular weight excluding hydrogens is 216 g/mol. The van der Waals surface area contributed by atoms with Crippen molar-refractivity contribution in [3.05, 3.63) is 0 Å². The summed E-state index contributed by atoms with van der Waals surface area (Å²) in [6.07, 6.45) is 0.889. The second-order valence-electron chi connectivity index (χ2n) is 4.24. The maximum atomic E-state index is 11.9. The van der Waals surface area contributed by atoms with Gasteiger partial charge in [0.15, 0.2) is 0 Å². The minimum Gasteiger partial charge on any atom is -0.366 e. The van der Waals surface area contributed by atoms with E-state index in [4.69, 9.17) is 4.74 Å². The van der Waals surface area contributed by atoms with E-state index in [-0.39, 0.29) is 24.4 Å². The number of hydrogen-bond donors (Lipinski definition) is 1. The van der Waals surface area contributed by atoms with Crippen LogP contribution in [0.4, 0.5) is 0 Å². The molecule has 1 N–H and O–H groups in total. The zero-order valence-corrected chi connectivity index (χ0v) is 9.89. The van der Waals surface area contributed by atoms with Crippen molar-refractivity contribution in [2.45, 2.75) is 19.4 Å². The van der Waals surface area contributed by atoms with Gasteiger partial charge in [-0.1, -0.05) is 6.92 Å². The quantitative estimate of drug-likeness (QED) is 0.708. The highest BCUT2D eigenvalue weighted by atomic mass is 35.5. The third kappa shape index (κ3) is 3.06. The SMILES string of the molecule is CC1CCN(C(=O)[C@H]2CNCCO2)C1.Cl. The van der Waals surface area contributed by atoms with Gasteiger partial charge in [0.05, 0.1) is 6.61 Å². The van der Waals surface area contributed by atoms with Gasteiger partial charge in [-0.2, -0.15) is 0 Å². The van der Waals surface area contributed by atoms with Crippen molar-refractivity contribution in [2.24, 2.45) is 5.92 Å². The third-order valence-electron chi connectivity index (χ3n) is 2.94. The van der Waals surface area contributed by atoms with E-state index in [0.29, 0.717) is 19.1 Å². The smallest absolute Gasteiger partial charge is 0.253 e. The number of carbonyl (C=O) groups is 1. The van der Waals surface area contributed by atoms with E-state index in [1.165, 1.54) is 0 Å². The van der Waals surface area contributed by atoms with Crippen molar-refractivity contribution < 1.29 is 9.53 Å². The Labute approximate surface area is 96.7 Å². The Morgan fingerprint density at radius 2 is 2.33 bits per heavy atom. The van der Waals surface area contributed by atoms with E-state index in [9.17, 15) is 4.79 Å². The van der Waals surface area contributed by atoms with Crippen LogP contribution in [0.1, 0.15) is 13.3 Å². The van der Waals surface area contributed by atoms with Crippen molar-refractivity contribution in [2.75, 3.05) is 32.8 Å². The molecule has 0 radical (unpaired) electrons. The molecule has 2 heterocycles. The summed E-state index contributed by atoms with van der Waals surface area (Å²) in [5.41, 5.74) is 0. The molecule has 2 fully saturated rings. The highest BCUT2D eigenvalue weighted by Gasteiger charge is 2.30. The number of nitrogens with one attached hydrogen (secondary N) is 1. The molecule has 0 aromatic heterocycles. The topological polar surface area (TPSA) is 41.6 Å². The molecule has 2 aliphatic heterocycles. The lowest BCUT2D eigenvalue weighted by molar-refractivity contribution is -0.144. The molecule has 88 valence electrons. The molecule has 2 rings (SSSR count). The van der Waals surface area contributed by atoms with E-state index in [0.717, 1.165) is 26.1 Å². The van der Waals surface area contributed by atoms with Crippen molar-refractivity contribution >= 4 is 18.3 Å². The van der Waals surface area contributed by atoms with Gasteiger partial charge in [0, 0.05) is 26.2 Å². The molecule has 0 aliphatic carbocycles.